The van der Waals surface area contributed by atoms with Crippen LogP contribution in [0.4, 0.5) is 0 Å². The van der Waals surface area contributed by atoms with Gasteiger partial charge in [-0.1, -0.05) is 24.3 Å². The molecule has 1 N–H and O–H groups in total. The third kappa shape index (κ3) is 1.86. The van der Waals surface area contributed by atoms with Crippen molar-refractivity contribution in [2.24, 2.45) is 5.92 Å². The van der Waals surface area contributed by atoms with Crippen LogP contribution < -0.4 is 0 Å². The van der Waals surface area contributed by atoms with E-state index in [4.69, 9.17) is 4.74 Å². The Morgan fingerprint density at radius 3 is 2.86 bits per heavy atom. The molecular weight excluding hydrogens is 264 g/mol. The summed E-state index contributed by atoms with van der Waals surface area (Å²) in [7, 11) is 0. The fourth-order valence-electron chi connectivity index (χ4n) is 3.94. The van der Waals surface area contributed by atoms with E-state index in [1.807, 2.05) is 31.6 Å². The lowest BCUT2D eigenvalue weighted by atomic mass is 9.76. The number of rotatable bonds is 2. The van der Waals surface area contributed by atoms with Crippen molar-refractivity contribution in [3.63, 3.8) is 0 Å². The van der Waals surface area contributed by atoms with Crippen molar-refractivity contribution in [2.75, 3.05) is 13.2 Å². The second-order valence-corrected chi connectivity index (χ2v) is 6.29. The highest BCUT2D eigenvalue weighted by molar-refractivity contribution is 5.69. The summed E-state index contributed by atoms with van der Waals surface area (Å²) in [4.78, 5) is 4.28. The summed E-state index contributed by atoms with van der Waals surface area (Å²) in [5, 5.41) is 11.3. The van der Waals surface area contributed by atoms with Gasteiger partial charge in [-0.15, -0.1) is 0 Å². The lowest BCUT2D eigenvalue weighted by Gasteiger charge is -2.40. The number of aliphatic hydroxyl groups is 1. The average molecular weight is 284 g/mol. The van der Waals surface area contributed by atoms with Gasteiger partial charge in [0.15, 0.2) is 0 Å². The van der Waals surface area contributed by atoms with Crippen molar-refractivity contribution in [1.82, 2.24) is 9.55 Å². The van der Waals surface area contributed by atoms with Crippen LogP contribution >= 0.6 is 0 Å². The third-order valence-corrected chi connectivity index (χ3v) is 5.08. The zero-order valence-electron chi connectivity index (χ0n) is 12.2. The Labute approximate surface area is 124 Å². The topological polar surface area (TPSA) is 47.3 Å². The molecule has 0 bridgehead atoms. The number of imidazole rings is 1. The molecule has 1 aromatic carbocycles. The molecule has 2 aromatic rings. The quantitative estimate of drug-likeness (QED) is 0.922. The maximum Gasteiger partial charge on any atom is 0.0957 e. The molecule has 1 aromatic heterocycles. The molecular formula is C17H20N2O2. The van der Waals surface area contributed by atoms with Crippen LogP contribution in [0, 0.1) is 5.92 Å². The van der Waals surface area contributed by atoms with E-state index >= 15 is 0 Å². The Bertz CT molecular complexity index is 656. The summed E-state index contributed by atoms with van der Waals surface area (Å²) in [6.45, 7) is 3.46. The zero-order chi connectivity index (χ0) is 14.4. The van der Waals surface area contributed by atoms with E-state index < -0.39 is 5.60 Å². The van der Waals surface area contributed by atoms with Gasteiger partial charge in [-0.2, -0.15) is 0 Å². The minimum atomic E-state index is -0.800. The maximum absolute atomic E-state index is 11.3. The van der Waals surface area contributed by atoms with Crippen molar-refractivity contribution in [3.8, 4) is 11.3 Å². The van der Waals surface area contributed by atoms with E-state index in [1.54, 1.807) is 0 Å². The molecule has 110 valence electrons. The number of hydrogen-bond donors (Lipinski definition) is 1. The number of ether oxygens (including phenoxy) is 1. The predicted octanol–water partition coefficient (Wildman–Crippen LogP) is 2.63. The van der Waals surface area contributed by atoms with Crippen LogP contribution in [0.3, 0.4) is 0 Å². The van der Waals surface area contributed by atoms with Crippen LogP contribution in [0.5, 0.6) is 0 Å². The second kappa shape index (κ2) is 4.68. The highest BCUT2D eigenvalue weighted by Gasteiger charge is 2.46. The molecule has 1 fully saturated rings. The van der Waals surface area contributed by atoms with Crippen LogP contribution in [-0.2, 0) is 4.74 Å². The Balaban J connectivity index is 1.81. The number of fused-ring (bicyclic) bond motifs is 3. The second-order valence-electron chi connectivity index (χ2n) is 6.29. The van der Waals surface area contributed by atoms with Crippen LogP contribution in [0.2, 0.25) is 0 Å². The first-order valence-corrected chi connectivity index (χ1v) is 7.61. The SMILES string of the molecule is CC(O)(C1CCOCC1)C1c2ccccc2-c2cncn21. The number of aromatic nitrogens is 2. The van der Waals surface area contributed by atoms with Gasteiger partial charge in [0, 0.05) is 18.8 Å². The van der Waals surface area contributed by atoms with Gasteiger partial charge in [0.05, 0.1) is 29.9 Å². The van der Waals surface area contributed by atoms with Gasteiger partial charge in [0.25, 0.3) is 0 Å². The maximum atomic E-state index is 11.3. The standard InChI is InChI=1S/C17H20N2O2/c1-17(20,12-6-8-21-9-7-12)16-14-5-3-2-4-13(14)15-10-18-11-19(15)16/h2-5,10-12,16,20H,6-9H2,1H3. The smallest absolute Gasteiger partial charge is 0.0957 e. The van der Waals surface area contributed by atoms with Crippen molar-refractivity contribution >= 4 is 0 Å². The van der Waals surface area contributed by atoms with Gasteiger partial charge in [0.1, 0.15) is 0 Å². The van der Waals surface area contributed by atoms with Crippen molar-refractivity contribution in [1.29, 1.82) is 0 Å². The molecule has 0 aliphatic carbocycles. The first kappa shape index (κ1) is 13.0. The molecule has 4 rings (SSSR count). The Morgan fingerprint density at radius 2 is 2.05 bits per heavy atom. The minimum Gasteiger partial charge on any atom is -0.387 e. The summed E-state index contributed by atoms with van der Waals surface area (Å²) in [6, 6.07) is 8.27. The van der Waals surface area contributed by atoms with Gasteiger partial charge in [0.2, 0.25) is 0 Å². The molecule has 4 heteroatoms. The largest absolute Gasteiger partial charge is 0.387 e. The molecule has 0 saturated carbocycles. The van der Waals surface area contributed by atoms with Gasteiger partial charge < -0.3 is 14.4 Å². The van der Waals surface area contributed by atoms with E-state index in [9.17, 15) is 5.11 Å². The Kier molecular flexibility index (Phi) is 2.91. The molecule has 0 radical (unpaired) electrons. The molecule has 2 atom stereocenters. The summed E-state index contributed by atoms with van der Waals surface area (Å²) < 4.78 is 7.58. The molecule has 1 saturated heterocycles. The van der Waals surface area contributed by atoms with Crippen LogP contribution in [0.15, 0.2) is 36.8 Å². The highest BCUT2D eigenvalue weighted by Crippen LogP contribution is 2.48. The van der Waals surface area contributed by atoms with Crippen molar-refractivity contribution in [3.05, 3.63) is 42.4 Å². The van der Waals surface area contributed by atoms with Crippen LogP contribution in [0.25, 0.3) is 11.3 Å². The lowest BCUT2D eigenvalue weighted by molar-refractivity contribution is -0.0747. The van der Waals surface area contributed by atoms with E-state index in [1.165, 1.54) is 11.1 Å². The first-order chi connectivity index (χ1) is 10.2. The number of hydrogen-bond acceptors (Lipinski definition) is 3. The van der Waals surface area contributed by atoms with Crippen LogP contribution in [0.1, 0.15) is 31.4 Å². The van der Waals surface area contributed by atoms with Crippen molar-refractivity contribution < 1.29 is 9.84 Å². The predicted molar refractivity (Wildman–Crippen MR) is 80.0 cm³/mol. The number of nitrogens with zero attached hydrogens (tertiary/aromatic N) is 2. The summed E-state index contributed by atoms with van der Waals surface area (Å²) in [5.41, 5.74) is 2.69. The molecule has 21 heavy (non-hydrogen) atoms. The van der Waals surface area contributed by atoms with E-state index in [-0.39, 0.29) is 12.0 Å². The molecule has 0 spiro atoms. The monoisotopic (exact) mass is 284 g/mol. The van der Waals surface area contributed by atoms with Crippen molar-refractivity contribution in [2.45, 2.75) is 31.4 Å². The fraction of sp³-hybridized carbons (Fsp3) is 0.471. The molecule has 4 nitrogen and oxygen atoms in total. The first-order valence-electron chi connectivity index (χ1n) is 7.61. The lowest BCUT2D eigenvalue weighted by Crippen LogP contribution is -2.45. The Morgan fingerprint density at radius 1 is 1.29 bits per heavy atom. The third-order valence-electron chi connectivity index (χ3n) is 5.08. The minimum absolute atomic E-state index is 0.0608. The average Bonchev–Trinajstić information content (AvgIpc) is 3.08. The van der Waals surface area contributed by atoms with Crippen LogP contribution in [-0.4, -0.2) is 33.5 Å². The van der Waals surface area contributed by atoms with Gasteiger partial charge in [-0.05, 0) is 31.2 Å². The molecule has 0 amide bonds. The molecule has 2 aliphatic heterocycles. The molecule has 3 heterocycles. The Hall–Kier alpha value is -1.65. The van der Waals surface area contributed by atoms with Gasteiger partial charge in [-0.3, -0.25) is 0 Å². The summed E-state index contributed by atoms with van der Waals surface area (Å²) in [6.07, 6.45) is 5.55. The van der Waals surface area contributed by atoms with Gasteiger partial charge in [-0.25, -0.2) is 4.98 Å². The highest BCUT2D eigenvalue weighted by atomic mass is 16.5. The molecule has 2 aliphatic rings. The zero-order valence-corrected chi connectivity index (χ0v) is 12.2. The normalized spacial score (nSPS) is 24.4. The van der Waals surface area contributed by atoms with E-state index in [0.717, 1.165) is 31.7 Å². The van der Waals surface area contributed by atoms with E-state index in [2.05, 4.69) is 21.7 Å². The summed E-state index contributed by atoms with van der Waals surface area (Å²) >= 11 is 0. The molecule has 2 unspecified atom stereocenters. The van der Waals surface area contributed by atoms with Gasteiger partial charge >= 0.3 is 0 Å². The fourth-order valence-corrected chi connectivity index (χ4v) is 3.94. The number of benzene rings is 1. The summed E-state index contributed by atoms with van der Waals surface area (Å²) in [5.74, 6) is 0.248. The van der Waals surface area contributed by atoms with E-state index in [0.29, 0.717) is 0 Å².